The van der Waals surface area contributed by atoms with Crippen LogP contribution in [0.1, 0.15) is 18.4 Å². The maximum absolute atomic E-state index is 5.72. The second kappa shape index (κ2) is 6.66. The summed E-state index contributed by atoms with van der Waals surface area (Å²) < 4.78 is 7.60. The second-order valence-corrected chi connectivity index (χ2v) is 7.02. The average Bonchev–Trinajstić information content (AvgIpc) is 3.19. The van der Waals surface area contributed by atoms with E-state index in [1.807, 2.05) is 36.3 Å². The van der Waals surface area contributed by atoms with Gasteiger partial charge in [0.2, 0.25) is 5.88 Å². The van der Waals surface area contributed by atoms with Crippen LogP contribution in [0.5, 0.6) is 5.88 Å². The Labute approximate surface area is 158 Å². The number of nitrogens with one attached hydrogen (secondary N) is 1. The van der Waals surface area contributed by atoms with Gasteiger partial charge >= 0.3 is 0 Å². The molecule has 5 rings (SSSR count). The lowest BCUT2D eigenvalue weighted by atomic mass is 10.1. The normalized spacial score (nSPS) is 16.6. The highest BCUT2D eigenvalue weighted by Crippen LogP contribution is 2.34. The zero-order valence-electron chi connectivity index (χ0n) is 15.3. The Kier molecular flexibility index (Phi) is 4.01. The summed E-state index contributed by atoms with van der Waals surface area (Å²) in [7, 11) is 2.04. The summed E-state index contributed by atoms with van der Waals surface area (Å²) in [5.41, 5.74) is 3.88. The van der Waals surface area contributed by atoms with E-state index in [2.05, 4.69) is 32.3 Å². The summed E-state index contributed by atoms with van der Waals surface area (Å²) in [6.07, 6.45) is 7.95. The number of pyridine rings is 2. The number of hydrogen-bond donors (Lipinski definition) is 1. The van der Waals surface area contributed by atoms with Crippen LogP contribution in [0.15, 0.2) is 42.9 Å². The number of piperidine rings is 1. The van der Waals surface area contributed by atoms with Crippen molar-refractivity contribution in [2.45, 2.75) is 25.5 Å². The third kappa shape index (κ3) is 2.94. The van der Waals surface area contributed by atoms with Crippen LogP contribution >= 0.6 is 0 Å². The zero-order chi connectivity index (χ0) is 18.2. The average molecular weight is 362 g/mol. The van der Waals surface area contributed by atoms with Crippen molar-refractivity contribution in [3.8, 4) is 22.8 Å². The highest BCUT2D eigenvalue weighted by molar-refractivity contribution is 5.69. The van der Waals surface area contributed by atoms with Crippen LogP contribution in [0.25, 0.3) is 16.9 Å². The van der Waals surface area contributed by atoms with Crippen molar-refractivity contribution in [2.24, 2.45) is 0 Å². The van der Waals surface area contributed by atoms with Crippen LogP contribution in [-0.2, 0) is 6.61 Å². The number of rotatable bonds is 3. The number of aromatic nitrogens is 4. The first-order valence-corrected chi connectivity index (χ1v) is 9.37. The lowest BCUT2D eigenvalue weighted by Crippen LogP contribution is -2.41. The van der Waals surface area contributed by atoms with E-state index in [0.29, 0.717) is 18.5 Å². The van der Waals surface area contributed by atoms with E-state index in [0.717, 1.165) is 54.3 Å². The molecular weight excluding hydrogens is 340 g/mol. The lowest BCUT2D eigenvalue weighted by molar-refractivity contribution is 0.290. The molecule has 2 aliphatic rings. The standard InChI is InChI=1S/C20H22N6O/c1-21-15-6-9-25(10-7-15)18-5-4-16(11-23-18)26-12-14-13-27-20-17(19(14)24-26)3-2-8-22-20/h2-5,8,11-12,15,21H,6-7,9-10,13H2,1H3. The molecule has 7 heteroatoms. The molecule has 0 spiro atoms. The van der Waals surface area contributed by atoms with Crippen molar-refractivity contribution in [3.63, 3.8) is 0 Å². The van der Waals surface area contributed by atoms with E-state index < -0.39 is 0 Å². The smallest absolute Gasteiger partial charge is 0.223 e. The van der Waals surface area contributed by atoms with Gasteiger partial charge in [-0.15, -0.1) is 0 Å². The summed E-state index contributed by atoms with van der Waals surface area (Å²) in [6.45, 7) is 2.56. The van der Waals surface area contributed by atoms with Crippen LogP contribution in [-0.4, -0.2) is 45.9 Å². The Morgan fingerprint density at radius 2 is 2.04 bits per heavy atom. The molecule has 5 heterocycles. The van der Waals surface area contributed by atoms with Crippen LogP contribution in [0, 0.1) is 0 Å². The highest BCUT2D eigenvalue weighted by Gasteiger charge is 2.22. The number of nitrogens with zero attached hydrogens (tertiary/aromatic N) is 5. The zero-order valence-corrected chi connectivity index (χ0v) is 15.3. The Hall–Kier alpha value is -2.93. The van der Waals surface area contributed by atoms with Gasteiger partial charge in [-0.25, -0.2) is 14.6 Å². The van der Waals surface area contributed by atoms with Crippen LogP contribution in [0.2, 0.25) is 0 Å². The van der Waals surface area contributed by atoms with Crippen molar-refractivity contribution >= 4 is 5.82 Å². The molecule has 0 unspecified atom stereocenters. The third-order valence-electron chi connectivity index (χ3n) is 5.40. The first-order chi connectivity index (χ1) is 13.3. The van der Waals surface area contributed by atoms with Crippen molar-refractivity contribution in [2.75, 3.05) is 25.0 Å². The number of hydrogen-bond acceptors (Lipinski definition) is 6. The summed E-state index contributed by atoms with van der Waals surface area (Å²) >= 11 is 0. The number of anilines is 1. The molecule has 7 nitrogen and oxygen atoms in total. The summed E-state index contributed by atoms with van der Waals surface area (Å²) in [5, 5.41) is 8.12. The number of fused-ring (bicyclic) bond motifs is 3. The van der Waals surface area contributed by atoms with Crippen LogP contribution in [0.3, 0.4) is 0 Å². The van der Waals surface area contributed by atoms with Gasteiger partial charge in [-0.05, 0) is 44.2 Å². The largest absolute Gasteiger partial charge is 0.472 e. The molecular formula is C20H22N6O. The molecule has 0 amide bonds. The predicted molar refractivity (Wildman–Crippen MR) is 103 cm³/mol. The van der Waals surface area contributed by atoms with Gasteiger partial charge in [-0.3, -0.25) is 0 Å². The maximum Gasteiger partial charge on any atom is 0.223 e. The molecule has 2 aliphatic heterocycles. The third-order valence-corrected chi connectivity index (χ3v) is 5.40. The molecule has 1 saturated heterocycles. The fourth-order valence-corrected chi connectivity index (χ4v) is 3.80. The van der Waals surface area contributed by atoms with Gasteiger partial charge in [0.1, 0.15) is 18.1 Å². The molecule has 27 heavy (non-hydrogen) atoms. The molecule has 1 fully saturated rings. The van der Waals surface area contributed by atoms with Gasteiger partial charge in [0, 0.05) is 37.1 Å². The van der Waals surface area contributed by atoms with Crippen molar-refractivity contribution in [1.82, 2.24) is 25.1 Å². The summed E-state index contributed by atoms with van der Waals surface area (Å²) in [5.74, 6) is 1.68. The van der Waals surface area contributed by atoms with E-state index in [1.54, 1.807) is 6.20 Å². The predicted octanol–water partition coefficient (Wildman–Crippen LogP) is 2.41. The molecule has 0 radical (unpaired) electrons. The molecule has 0 aromatic carbocycles. The van der Waals surface area contributed by atoms with Crippen LogP contribution < -0.4 is 15.0 Å². The number of ether oxygens (including phenoxy) is 1. The van der Waals surface area contributed by atoms with E-state index in [9.17, 15) is 0 Å². The molecule has 0 saturated carbocycles. The SMILES string of the molecule is CNC1CCN(c2ccc(-n3cc4c(n3)-c3cccnc3OC4)cn2)CC1. The Balaban J connectivity index is 1.38. The fourth-order valence-electron chi connectivity index (χ4n) is 3.80. The molecule has 138 valence electrons. The fraction of sp³-hybridized carbons (Fsp3) is 0.350. The highest BCUT2D eigenvalue weighted by atomic mass is 16.5. The van der Waals surface area contributed by atoms with Gasteiger partial charge in [-0.1, -0.05) is 0 Å². The van der Waals surface area contributed by atoms with E-state index in [4.69, 9.17) is 9.84 Å². The minimum absolute atomic E-state index is 0.491. The van der Waals surface area contributed by atoms with E-state index in [1.165, 1.54) is 0 Å². The minimum atomic E-state index is 0.491. The molecule has 0 aliphatic carbocycles. The summed E-state index contributed by atoms with van der Waals surface area (Å²) in [6, 6.07) is 8.69. The maximum atomic E-state index is 5.72. The van der Waals surface area contributed by atoms with Gasteiger partial charge in [0.25, 0.3) is 0 Å². The van der Waals surface area contributed by atoms with E-state index in [-0.39, 0.29) is 0 Å². The van der Waals surface area contributed by atoms with Gasteiger partial charge in [0.15, 0.2) is 0 Å². The van der Waals surface area contributed by atoms with Crippen LogP contribution in [0.4, 0.5) is 5.82 Å². The lowest BCUT2D eigenvalue weighted by Gasteiger charge is -2.32. The monoisotopic (exact) mass is 362 g/mol. The molecule has 0 atom stereocenters. The molecule has 0 bridgehead atoms. The molecule has 3 aromatic rings. The topological polar surface area (TPSA) is 68.1 Å². The van der Waals surface area contributed by atoms with Crippen molar-refractivity contribution in [1.29, 1.82) is 0 Å². The van der Waals surface area contributed by atoms with Gasteiger partial charge < -0.3 is 15.0 Å². The van der Waals surface area contributed by atoms with E-state index >= 15 is 0 Å². The molecule has 1 N–H and O–H groups in total. The Morgan fingerprint density at radius 3 is 2.81 bits per heavy atom. The Bertz CT molecular complexity index is 943. The molecule has 3 aromatic heterocycles. The van der Waals surface area contributed by atoms with Crippen molar-refractivity contribution < 1.29 is 4.74 Å². The Morgan fingerprint density at radius 1 is 1.15 bits per heavy atom. The minimum Gasteiger partial charge on any atom is -0.472 e. The second-order valence-electron chi connectivity index (χ2n) is 7.02. The summed E-state index contributed by atoms with van der Waals surface area (Å²) in [4.78, 5) is 11.3. The van der Waals surface area contributed by atoms with Gasteiger partial charge in [-0.2, -0.15) is 5.10 Å². The van der Waals surface area contributed by atoms with Gasteiger partial charge in [0.05, 0.1) is 17.4 Å². The first kappa shape index (κ1) is 16.3. The quantitative estimate of drug-likeness (QED) is 0.772. The first-order valence-electron chi connectivity index (χ1n) is 9.37. The van der Waals surface area contributed by atoms with Crippen molar-refractivity contribution in [3.05, 3.63) is 48.4 Å².